The first kappa shape index (κ1) is 10.9. The van der Waals surface area contributed by atoms with Gasteiger partial charge in [-0.25, -0.2) is 0 Å². The maximum absolute atomic E-state index is 9.57. The van der Waals surface area contributed by atoms with E-state index in [1.165, 1.54) is 4.88 Å². The van der Waals surface area contributed by atoms with Crippen molar-refractivity contribution in [3.05, 3.63) is 52.2 Å². The molecule has 0 radical (unpaired) electrons. The highest BCUT2D eigenvalue weighted by molar-refractivity contribution is 7.10. The SMILES string of the molecule is CC(N=Cc1ccccc1O)c1cccs1. The van der Waals surface area contributed by atoms with Gasteiger partial charge in [0.05, 0.1) is 6.04 Å². The van der Waals surface area contributed by atoms with E-state index >= 15 is 0 Å². The number of thiophene rings is 1. The van der Waals surface area contributed by atoms with E-state index in [2.05, 4.69) is 11.1 Å². The number of benzene rings is 1. The molecular formula is C13H13NOS. The van der Waals surface area contributed by atoms with Gasteiger partial charge < -0.3 is 5.11 Å². The molecule has 82 valence electrons. The molecule has 0 fully saturated rings. The highest BCUT2D eigenvalue weighted by Crippen LogP contribution is 2.22. The highest BCUT2D eigenvalue weighted by atomic mass is 32.1. The standard InChI is InChI=1S/C13H13NOS/c1-10(13-7-4-8-16-13)14-9-11-5-2-3-6-12(11)15/h2-10,15H,1H3. The summed E-state index contributed by atoms with van der Waals surface area (Å²) in [6.45, 7) is 2.04. The lowest BCUT2D eigenvalue weighted by Gasteiger charge is -2.02. The molecular weight excluding hydrogens is 218 g/mol. The number of rotatable bonds is 3. The monoisotopic (exact) mass is 231 g/mol. The fourth-order valence-corrected chi connectivity index (χ4v) is 2.12. The minimum Gasteiger partial charge on any atom is -0.507 e. The topological polar surface area (TPSA) is 32.6 Å². The molecule has 16 heavy (non-hydrogen) atoms. The van der Waals surface area contributed by atoms with E-state index < -0.39 is 0 Å². The molecule has 0 saturated heterocycles. The minimum absolute atomic E-state index is 0.139. The summed E-state index contributed by atoms with van der Waals surface area (Å²) in [7, 11) is 0. The summed E-state index contributed by atoms with van der Waals surface area (Å²) in [5, 5.41) is 11.6. The first-order chi connectivity index (χ1) is 7.77. The predicted molar refractivity (Wildman–Crippen MR) is 68.4 cm³/mol. The van der Waals surface area contributed by atoms with Crippen molar-refractivity contribution in [2.45, 2.75) is 13.0 Å². The van der Waals surface area contributed by atoms with E-state index in [0.717, 1.165) is 5.56 Å². The van der Waals surface area contributed by atoms with E-state index in [4.69, 9.17) is 0 Å². The quantitative estimate of drug-likeness (QED) is 0.804. The fourth-order valence-electron chi connectivity index (χ4n) is 1.39. The maximum Gasteiger partial charge on any atom is 0.124 e. The van der Waals surface area contributed by atoms with Crippen molar-refractivity contribution >= 4 is 17.6 Å². The number of hydrogen-bond acceptors (Lipinski definition) is 3. The lowest BCUT2D eigenvalue weighted by atomic mass is 10.2. The van der Waals surface area contributed by atoms with Crippen LogP contribution in [0.1, 0.15) is 23.4 Å². The van der Waals surface area contributed by atoms with Crippen LogP contribution in [0.4, 0.5) is 0 Å². The van der Waals surface area contributed by atoms with Gasteiger partial charge >= 0.3 is 0 Å². The Labute approximate surface area is 98.9 Å². The average molecular weight is 231 g/mol. The van der Waals surface area contributed by atoms with Crippen LogP contribution >= 0.6 is 11.3 Å². The molecule has 0 aliphatic heterocycles. The Kier molecular flexibility index (Phi) is 3.37. The number of nitrogens with zero attached hydrogens (tertiary/aromatic N) is 1. The van der Waals surface area contributed by atoms with Gasteiger partial charge in [0.15, 0.2) is 0 Å². The Morgan fingerprint density at radius 1 is 1.25 bits per heavy atom. The molecule has 0 aliphatic rings. The molecule has 1 aromatic carbocycles. The van der Waals surface area contributed by atoms with Gasteiger partial charge in [-0.2, -0.15) is 0 Å². The van der Waals surface area contributed by atoms with Gasteiger partial charge in [-0.15, -0.1) is 11.3 Å². The maximum atomic E-state index is 9.57. The molecule has 1 unspecified atom stereocenters. The summed E-state index contributed by atoms with van der Waals surface area (Å²) in [6, 6.07) is 11.4. The van der Waals surface area contributed by atoms with E-state index in [1.807, 2.05) is 30.5 Å². The van der Waals surface area contributed by atoms with Crippen molar-refractivity contribution < 1.29 is 5.11 Å². The van der Waals surface area contributed by atoms with Crippen LogP contribution < -0.4 is 0 Å². The third-order valence-electron chi connectivity index (χ3n) is 2.33. The second kappa shape index (κ2) is 4.94. The zero-order valence-electron chi connectivity index (χ0n) is 9.00. The van der Waals surface area contributed by atoms with Crippen LogP contribution in [0.5, 0.6) is 5.75 Å². The number of para-hydroxylation sites is 1. The average Bonchev–Trinajstić information content (AvgIpc) is 2.81. The molecule has 2 nitrogen and oxygen atoms in total. The molecule has 0 spiro atoms. The molecule has 1 aromatic heterocycles. The van der Waals surface area contributed by atoms with Gasteiger partial charge in [-0.3, -0.25) is 4.99 Å². The molecule has 0 amide bonds. The number of hydrogen-bond donors (Lipinski definition) is 1. The smallest absolute Gasteiger partial charge is 0.124 e. The van der Waals surface area contributed by atoms with Gasteiger partial charge in [-0.1, -0.05) is 18.2 Å². The zero-order chi connectivity index (χ0) is 11.4. The van der Waals surface area contributed by atoms with Gasteiger partial charge in [0, 0.05) is 16.7 Å². The van der Waals surface area contributed by atoms with Gasteiger partial charge in [0.2, 0.25) is 0 Å². The van der Waals surface area contributed by atoms with E-state index in [1.54, 1.807) is 29.7 Å². The fraction of sp³-hybridized carbons (Fsp3) is 0.154. The van der Waals surface area contributed by atoms with Gasteiger partial charge in [-0.05, 0) is 30.5 Å². The summed E-state index contributed by atoms with van der Waals surface area (Å²) in [4.78, 5) is 5.65. The van der Waals surface area contributed by atoms with Crippen LogP contribution in [0.25, 0.3) is 0 Å². The lowest BCUT2D eigenvalue weighted by Crippen LogP contribution is -1.88. The first-order valence-electron chi connectivity index (χ1n) is 5.12. The molecule has 2 aromatic rings. The molecule has 0 bridgehead atoms. The summed E-state index contributed by atoms with van der Waals surface area (Å²) >= 11 is 1.69. The van der Waals surface area contributed by atoms with Crippen LogP contribution in [0.3, 0.4) is 0 Å². The molecule has 0 saturated carbocycles. The number of phenolic OH excluding ortho intramolecular Hbond substituents is 1. The van der Waals surface area contributed by atoms with Gasteiger partial charge in [0.1, 0.15) is 5.75 Å². The Hall–Kier alpha value is -1.61. The second-order valence-corrected chi connectivity index (χ2v) is 4.51. The molecule has 1 heterocycles. The Bertz CT molecular complexity index is 476. The Morgan fingerprint density at radius 3 is 2.75 bits per heavy atom. The molecule has 0 aliphatic carbocycles. The third-order valence-corrected chi connectivity index (χ3v) is 3.37. The van der Waals surface area contributed by atoms with E-state index in [9.17, 15) is 5.11 Å². The predicted octanol–water partition coefficient (Wildman–Crippen LogP) is 3.63. The summed E-state index contributed by atoms with van der Waals surface area (Å²) in [5.74, 6) is 0.268. The lowest BCUT2D eigenvalue weighted by molar-refractivity contribution is 0.474. The highest BCUT2D eigenvalue weighted by Gasteiger charge is 2.03. The molecule has 1 N–H and O–H groups in total. The third kappa shape index (κ3) is 2.49. The van der Waals surface area contributed by atoms with Crippen molar-refractivity contribution in [1.29, 1.82) is 0 Å². The second-order valence-electron chi connectivity index (χ2n) is 3.53. The summed E-state index contributed by atoms with van der Waals surface area (Å²) in [5.41, 5.74) is 0.755. The first-order valence-corrected chi connectivity index (χ1v) is 6.00. The van der Waals surface area contributed by atoms with Crippen LogP contribution in [-0.2, 0) is 0 Å². The van der Waals surface area contributed by atoms with Crippen LogP contribution in [0.2, 0.25) is 0 Å². The van der Waals surface area contributed by atoms with E-state index in [-0.39, 0.29) is 11.8 Å². The van der Waals surface area contributed by atoms with Crippen molar-refractivity contribution in [3.8, 4) is 5.75 Å². The number of aromatic hydroxyl groups is 1. The van der Waals surface area contributed by atoms with Crippen LogP contribution in [0.15, 0.2) is 46.8 Å². The number of phenols is 1. The van der Waals surface area contributed by atoms with Crippen LogP contribution in [0, 0.1) is 0 Å². The van der Waals surface area contributed by atoms with Gasteiger partial charge in [0.25, 0.3) is 0 Å². The van der Waals surface area contributed by atoms with E-state index in [0.29, 0.717) is 0 Å². The molecule has 1 atom stereocenters. The molecule has 2 rings (SSSR count). The normalized spacial score (nSPS) is 13.1. The van der Waals surface area contributed by atoms with Crippen molar-refractivity contribution in [2.75, 3.05) is 0 Å². The van der Waals surface area contributed by atoms with Crippen LogP contribution in [-0.4, -0.2) is 11.3 Å². The summed E-state index contributed by atoms with van der Waals surface area (Å²) in [6.07, 6.45) is 1.72. The summed E-state index contributed by atoms with van der Waals surface area (Å²) < 4.78 is 0. The van der Waals surface area contributed by atoms with Crippen molar-refractivity contribution in [3.63, 3.8) is 0 Å². The largest absolute Gasteiger partial charge is 0.507 e. The molecule has 3 heteroatoms. The zero-order valence-corrected chi connectivity index (χ0v) is 9.82. The minimum atomic E-state index is 0.139. The number of aliphatic imine (C=N–C) groups is 1. The van der Waals surface area contributed by atoms with Crippen molar-refractivity contribution in [2.24, 2.45) is 4.99 Å². The Morgan fingerprint density at radius 2 is 2.06 bits per heavy atom. The van der Waals surface area contributed by atoms with Crippen molar-refractivity contribution in [1.82, 2.24) is 0 Å². The Balaban J connectivity index is 2.13.